The lowest BCUT2D eigenvalue weighted by atomic mass is 9.82. The van der Waals surface area contributed by atoms with Gasteiger partial charge in [0.15, 0.2) is 5.60 Å². The van der Waals surface area contributed by atoms with Crippen molar-refractivity contribution in [2.45, 2.75) is 50.8 Å². The molecule has 1 saturated heterocycles. The van der Waals surface area contributed by atoms with Gasteiger partial charge in [0, 0.05) is 12.8 Å². The molecule has 3 atom stereocenters. The Kier molecular flexibility index (Phi) is 5.88. The molecule has 0 N–H and O–H groups in total. The molecule has 164 valence electrons. The molecule has 1 aliphatic heterocycles. The topological polar surface area (TPSA) is 46.6 Å². The number of amides is 1. The number of carbonyl (C=O) groups is 2. The molecule has 4 rings (SSSR count). The Balaban J connectivity index is 1.77. The number of morpholine rings is 1. The zero-order chi connectivity index (χ0) is 22.8. The van der Waals surface area contributed by atoms with Gasteiger partial charge in [-0.15, -0.1) is 0 Å². The van der Waals surface area contributed by atoms with Crippen LogP contribution in [0.15, 0.2) is 91.0 Å². The minimum absolute atomic E-state index is 0.171. The molecule has 1 fully saturated rings. The van der Waals surface area contributed by atoms with Crippen LogP contribution in [-0.2, 0) is 27.2 Å². The van der Waals surface area contributed by atoms with E-state index in [4.69, 9.17) is 4.74 Å². The van der Waals surface area contributed by atoms with E-state index in [0.717, 1.165) is 16.7 Å². The van der Waals surface area contributed by atoms with E-state index in [-0.39, 0.29) is 17.9 Å². The van der Waals surface area contributed by atoms with Crippen LogP contribution in [0.5, 0.6) is 0 Å². The molecule has 1 amide bonds. The maximum absolute atomic E-state index is 14.1. The summed E-state index contributed by atoms with van der Waals surface area (Å²) in [7, 11) is 0. The van der Waals surface area contributed by atoms with Gasteiger partial charge in [-0.1, -0.05) is 91.0 Å². The van der Waals surface area contributed by atoms with Gasteiger partial charge in [0.2, 0.25) is 0 Å². The molecule has 0 unspecified atom stereocenters. The third kappa shape index (κ3) is 4.05. The smallest absolute Gasteiger partial charge is 0.333 e. The van der Waals surface area contributed by atoms with Gasteiger partial charge >= 0.3 is 5.97 Å². The van der Waals surface area contributed by atoms with Crippen LogP contribution >= 0.6 is 0 Å². The molecule has 0 bridgehead atoms. The number of hydrogen-bond acceptors (Lipinski definition) is 3. The van der Waals surface area contributed by atoms with Crippen molar-refractivity contribution in [3.05, 3.63) is 108 Å². The van der Waals surface area contributed by atoms with E-state index in [9.17, 15) is 9.59 Å². The number of carbonyl (C=O) groups excluding carboxylic acids is 2. The van der Waals surface area contributed by atoms with Crippen molar-refractivity contribution in [3.63, 3.8) is 0 Å². The van der Waals surface area contributed by atoms with Gasteiger partial charge < -0.3 is 9.64 Å². The quantitative estimate of drug-likeness (QED) is 0.512. The molecule has 4 heteroatoms. The van der Waals surface area contributed by atoms with Crippen molar-refractivity contribution in [3.8, 4) is 0 Å². The van der Waals surface area contributed by atoms with Gasteiger partial charge in [0.25, 0.3) is 5.91 Å². The third-order valence-electron chi connectivity index (χ3n) is 6.41. The van der Waals surface area contributed by atoms with E-state index in [0.29, 0.717) is 12.8 Å². The second-order valence-corrected chi connectivity index (χ2v) is 8.98. The monoisotopic (exact) mass is 427 g/mol. The molecule has 0 radical (unpaired) electrons. The summed E-state index contributed by atoms with van der Waals surface area (Å²) < 4.78 is 5.96. The number of rotatable bonds is 6. The van der Waals surface area contributed by atoms with Gasteiger partial charge in [-0.25, -0.2) is 4.79 Å². The van der Waals surface area contributed by atoms with Crippen LogP contribution in [-0.4, -0.2) is 27.9 Å². The highest BCUT2D eigenvalue weighted by Crippen LogP contribution is 2.40. The standard InChI is InChI=1S/C28H29NO3/c1-21(24-17-11-6-12-18-24)29-25(30)28(3,20-23-15-9-5-10-16-23)32-26(31)27(29,2)19-22-13-7-4-8-14-22/h4-18,21H,19-20H2,1-3H3/t21-,27+,28-/m0/s1. The summed E-state index contributed by atoms with van der Waals surface area (Å²) in [6.07, 6.45) is 0.717. The van der Waals surface area contributed by atoms with Gasteiger partial charge in [-0.3, -0.25) is 4.79 Å². The number of benzene rings is 3. The van der Waals surface area contributed by atoms with Crippen LogP contribution in [0, 0.1) is 0 Å². The number of nitrogens with zero attached hydrogens (tertiary/aromatic N) is 1. The van der Waals surface area contributed by atoms with Crippen LogP contribution in [0.25, 0.3) is 0 Å². The summed E-state index contributed by atoms with van der Waals surface area (Å²) in [5, 5.41) is 0. The zero-order valence-electron chi connectivity index (χ0n) is 18.8. The Morgan fingerprint density at radius 1 is 0.750 bits per heavy atom. The molecular formula is C28H29NO3. The summed E-state index contributed by atoms with van der Waals surface area (Å²) in [5.41, 5.74) is 0.533. The van der Waals surface area contributed by atoms with Crippen LogP contribution < -0.4 is 0 Å². The minimum atomic E-state index is -1.27. The molecular weight excluding hydrogens is 398 g/mol. The molecule has 32 heavy (non-hydrogen) atoms. The van der Waals surface area contributed by atoms with E-state index < -0.39 is 11.1 Å². The Morgan fingerprint density at radius 3 is 1.75 bits per heavy atom. The first kappa shape index (κ1) is 21.8. The molecule has 0 aliphatic carbocycles. The fourth-order valence-corrected chi connectivity index (χ4v) is 4.67. The lowest BCUT2D eigenvalue weighted by Gasteiger charge is -2.51. The van der Waals surface area contributed by atoms with Crippen molar-refractivity contribution < 1.29 is 14.3 Å². The number of ether oxygens (including phenoxy) is 1. The van der Waals surface area contributed by atoms with Gasteiger partial charge in [-0.2, -0.15) is 0 Å². The number of esters is 1. The van der Waals surface area contributed by atoms with Crippen LogP contribution in [0.2, 0.25) is 0 Å². The molecule has 3 aromatic rings. The maximum atomic E-state index is 14.1. The highest BCUT2D eigenvalue weighted by atomic mass is 16.6. The minimum Gasteiger partial charge on any atom is -0.447 e. The van der Waals surface area contributed by atoms with Crippen molar-refractivity contribution in [1.82, 2.24) is 4.90 Å². The molecule has 3 aromatic carbocycles. The van der Waals surface area contributed by atoms with Crippen LogP contribution in [0.1, 0.15) is 43.5 Å². The van der Waals surface area contributed by atoms with Gasteiger partial charge in [0.1, 0.15) is 5.54 Å². The zero-order valence-corrected chi connectivity index (χ0v) is 18.8. The molecule has 0 spiro atoms. The van der Waals surface area contributed by atoms with Crippen LogP contribution in [0.3, 0.4) is 0 Å². The van der Waals surface area contributed by atoms with Crippen molar-refractivity contribution in [1.29, 1.82) is 0 Å². The summed E-state index contributed by atoms with van der Waals surface area (Å²) in [4.78, 5) is 29.4. The highest BCUT2D eigenvalue weighted by Gasteiger charge is 2.58. The normalized spacial score (nSPS) is 24.2. The average molecular weight is 428 g/mol. The Labute approximate surface area is 189 Å². The Morgan fingerprint density at radius 2 is 1.22 bits per heavy atom. The summed E-state index contributed by atoms with van der Waals surface area (Å²) >= 11 is 0. The average Bonchev–Trinajstić information content (AvgIpc) is 2.80. The van der Waals surface area contributed by atoms with Gasteiger partial charge in [-0.05, 0) is 37.5 Å². The second-order valence-electron chi connectivity index (χ2n) is 8.98. The molecule has 0 saturated carbocycles. The van der Waals surface area contributed by atoms with E-state index in [2.05, 4.69) is 0 Å². The van der Waals surface area contributed by atoms with Crippen molar-refractivity contribution in [2.75, 3.05) is 0 Å². The maximum Gasteiger partial charge on any atom is 0.333 e. The van der Waals surface area contributed by atoms with E-state index >= 15 is 0 Å². The van der Waals surface area contributed by atoms with E-state index in [1.54, 1.807) is 11.8 Å². The first-order valence-electron chi connectivity index (χ1n) is 11.0. The SMILES string of the molecule is C[C@@H](c1ccccc1)N1C(=O)[C@](C)(Cc2ccccc2)OC(=O)[C@@]1(C)Cc1ccccc1. The van der Waals surface area contributed by atoms with Gasteiger partial charge in [0.05, 0.1) is 6.04 Å². The second kappa shape index (κ2) is 8.62. The fraction of sp³-hybridized carbons (Fsp3) is 0.286. The number of cyclic esters (lactones) is 1. The molecule has 1 aliphatic rings. The molecule has 4 nitrogen and oxygen atoms in total. The number of hydrogen-bond donors (Lipinski definition) is 0. The predicted octanol–water partition coefficient (Wildman–Crippen LogP) is 5.14. The van der Waals surface area contributed by atoms with E-state index in [1.165, 1.54) is 0 Å². The van der Waals surface area contributed by atoms with E-state index in [1.807, 2.05) is 105 Å². The summed E-state index contributed by atoms with van der Waals surface area (Å²) in [6, 6.07) is 29.0. The predicted molar refractivity (Wildman–Crippen MR) is 125 cm³/mol. The lowest BCUT2D eigenvalue weighted by Crippen LogP contribution is -2.69. The first-order chi connectivity index (χ1) is 15.3. The highest BCUT2D eigenvalue weighted by molar-refractivity contribution is 5.98. The Bertz CT molecular complexity index is 1080. The summed E-state index contributed by atoms with van der Waals surface area (Å²) in [6.45, 7) is 5.53. The first-order valence-corrected chi connectivity index (χ1v) is 11.0. The lowest BCUT2D eigenvalue weighted by molar-refractivity contribution is -0.203. The summed E-state index contributed by atoms with van der Waals surface area (Å²) in [5.74, 6) is -0.544. The fourth-order valence-electron chi connectivity index (χ4n) is 4.67. The van der Waals surface area contributed by atoms with Crippen molar-refractivity contribution >= 4 is 11.9 Å². The largest absolute Gasteiger partial charge is 0.447 e. The molecule has 0 aromatic heterocycles. The molecule has 1 heterocycles. The van der Waals surface area contributed by atoms with Crippen molar-refractivity contribution in [2.24, 2.45) is 0 Å². The third-order valence-corrected chi connectivity index (χ3v) is 6.41. The van der Waals surface area contributed by atoms with Crippen LogP contribution in [0.4, 0.5) is 0 Å². The Hall–Kier alpha value is -3.40.